The van der Waals surface area contributed by atoms with E-state index in [1.807, 2.05) is 0 Å². The van der Waals surface area contributed by atoms with E-state index in [2.05, 4.69) is 25.9 Å². The molecule has 0 fully saturated rings. The van der Waals surface area contributed by atoms with E-state index in [9.17, 15) is 0 Å². The van der Waals surface area contributed by atoms with Gasteiger partial charge in [0.15, 0.2) is 0 Å². The summed E-state index contributed by atoms with van der Waals surface area (Å²) in [6.07, 6.45) is 2.82. The van der Waals surface area contributed by atoms with Gasteiger partial charge in [0.25, 0.3) is 0 Å². The fourth-order valence-electron chi connectivity index (χ4n) is 0.312. The summed E-state index contributed by atoms with van der Waals surface area (Å²) >= 11 is 3.10. The van der Waals surface area contributed by atoms with Crippen molar-refractivity contribution in [3.8, 4) is 0 Å². The maximum absolute atomic E-state index is 6.94. The van der Waals surface area contributed by atoms with Crippen LogP contribution in [0.2, 0.25) is 0 Å². The van der Waals surface area contributed by atoms with Crippen LogP contribution in [0, 0.1) is 6.85 Å². The Hall–Kier alpha value is -0.440. The Balaban J connectivity index is 2.99. The van der Waals surface area contributed by atoms with E-state index in [1.54, 1.807) is 0 Å². The standard InChI is InChI=1S/C5H5BrN2/c1-4-7-2-5(6)3-8-4/h2-3H,1H3/i1D3. The number of halogens is 1. The van der Waals surface area contributed by atoms with Crippen molar-refractivity contribution >= 4 is 15.9 Å². The summed E-state index contributed by atoms with van der Waals surface area (Å²) in [7, 11) is 0. The van der Waals surface area contributed by atoms with Crippen LogP contribution in [0.4, 0.5) is 0 Å². The number of aryl methyl sites for hydroxylation is 1. The van der Waals surface area contributed by atoms with Gasteiger partial charge in [0.05, 0.1) is 4.47 Å². The highest BCUT2D eigenvalue weighted by Gasteiger charge is 1.84. The van der Waals surface area contributed by atoms with E-state index in [0.717, 1.165) is 0 Å². The van der Waals surface area contributed by atoms with E-state index in [0.29, 0.717) is 4.47 Å². The summed E-state index contributed by atoms with van der Waals surface area (Å²) in [5, 5.41) is 0. The Morgan fingerprint density at radius 1 is 1.62 bits per heavy atom. The van der Waals surface area contributed by atoms with Gasteiger partial charge in [-0.2, -0.15) is 0 Å². The molecule has 0 N–H and O–H groups in total. The average molecular weight is 176 g/mol. The molecule has 0 aliphatic rings. The lowest BCUT2D eigenvalue weighted by Crippen LogP contribution is -1.82. The zero-order chi connectivity index (χ0) is 8.48. The third-order valence-corrected chi connectivity index (χ3v) is 1.03. The summed E-state index contributed by atoms with van der Waals surface area (Å²) < 4.78 is 21.5. The van der Waals surface area contributed by atoms with Gasteiger partial charge in [-0.15, -0.1) is 0 Å². The number of hydrogen-bond acceptors (Lipinski definition) is 2. The third-order valence-electron chi connectivity index (χ3n) is 0.620. The molecule has 0 saturated heterocycles. The molecule has 1 heterocycles. The maximum atomic E-state index is 6.94. The predicted molar refractivity (Wildman–Crippen MR) is 34.5 cm³/mol. The minimum Gasteiger partial charge on any atom is -0.241 e. The van der Waals surface area contributed by atoms with Gasteiger partial charge in [0.1, 0.15) is 5.82 Å². The first-order valence-corrected chi connectivity index (χ1v) is 2.77. The smallest absolute Gasteiger partial charge is 0.125 e. The summed E-state index contributed by atoms with van der Waals surface area (Å²) in [5.41, 5.74) is 0. The van der Waals surface area contributed by atoms with Crippen LogP contribution < -0.4 is 0 Å². The van der Waals surface area contributed by atoms with Crippen molar-refractivity contribution in [2.45, 2.75) is 6.85 Å². The number of aromatic nitrogens is 2. The first-order valence-electron chi connectivity index (χ1n) is 3.48. The molecule has 3 heteroatoms. The van der Waals surface area contributed by atoms with E-state index in [4.69, 9.17) is 4.11 Å². The highest BCUT2D eigenvalue weighted by Crippen LogP contribution is 2.02. The Morgan fingerprint density at radius 3 is 2.75 bits per heavy atom. The molecule has 0 radical (unpaired) electrons. The molecule has 2 nitrogen and oxygen atoms in total. The van der Waals surface area contributed by atoms with Crippen LogP contribution in [0.3, 0.4) is 0 Å². The van der Waals surface area contributed by atoms with E-state index >= 15 is 0 Å². The molecule has 0 aliphatic heterocycles. The van der Waals surface area contributed by atoms with Crippen LogP contribution in [0.5, 0.6) is 0 Å². The van der Waals surface area contributed by atoms with Crippen molar-refractivity contribution in [3.63, 3.8) is 0 Å². The predicted octanol–water partition coefficient (Wildman–Crippen LogP) is 1.55. The van der Waals surface area contributed by atoms with Gasteiger partial charge in [-0.1, -0.05) is 0 Å². The lowest BCUT2D eigenvalue weighted by molar-refractivity contribution is 1.04. The quantitative estimate of drug-likeness (QED) is 0.599. The number of rotatable bonds is 0. The molecular weight excluding hydrogens is 168 g/mol. The lowest BCUT2D eigenvalue weighted by atomic mass is 10.6. The fourth-order valence-corrected chi connectivity index (χ4v) is 0.517. The molecule has 0 bridgehead atoms. The van der Waals surface area contributed by atoms with Crippen molar-refractivity contribution in [2.24, 2.45) is 0 Å². The molecule has 0 spiro atoms. The van der Waals surface area contributed by atoms with Crippen LogP contribution in [0.25, 0.3) is 0 Å². The largest absolute Gasteiger partial charge is 0.241 e. The van der Waals surface area contributed by atoms with Gasteiger partial charge in [-0.25, -0.2) is 9.97 Å². The van der Waals surface area contributed by atoms with Gasteiger partial charge in [-0.05, 0) is 22.8 Å². The Bertz CT molecular complexity index is 243. The lowest BCUT2D eigenvalue weighted by Gasteiger charge is -1.87. The highest BCUT2D eigenvalue weighted by atomic mass is 79.9. The number of nitrogens with zero attached hydrogens (tertiary/aromatic N) is 2. The van der Waals surface area contributed by atoms with Gasteiger partial charge in [0.2, 0.25) is 0 Å². The van der Waals surface area contributed by atoms with Crippen LogP contribution >= 0.6 is 15.9 Å². The minimum atomic E-state index is -2.21. The summed E-state index contributed by atoms with van der Waals surface area (Å²) in [4.78, 5) is 7.26. The van der Waals surface area contributed by atoms with Crippen molar-refractivity contribution < 1.29 is 4.11 Å². The molecule has 0 unspecified atom stereocenters. The Morgan fingerprint density at radius 2 is 2.25 bits per heavy atom. The maximum Gasteiger partial charge on any atom is 0.125 e. The SMILES string of the molecule is [2H]C([2H])([2H])c1ncc(Br)cn1. The van der Waals surface area contributed by atoms with Crippen molar-refractivity contribution in [1.82, 2.24) is 9.97 Å². The average Bonchev–Trinajstić information content (AvgIpc) is 1.86. The Kier molecular flexibility index (Phi) is 0.809. The molecule has 0 aliphatic carbocycles. The molecule has 42 valence electrons. The molecule has 1 aromatic heterocycles. The van der Waals surface area contributed by atoms with Gasteiger partial charge in [0, 0.05) is 16.5 Å². The van der Waals surface area contributed by atoms with E-state index < -0.39 is 6.85 Å². The van der Waals surface area contributed by atoms with Gasteiger partial charge in [-0.3, -0.25) is 0 Å². The molecule has 0 amide bonds. The fraction of sp³-hybridized carbons (Fsp3) is 0.200. The van der Waals surface area contributed by atoms with Crippen molar-refractivity contribution in [3.05, 3.63) is 22.7 Å². The van der Waals surface area contributed by atoms with Crippen molar-refractivity contribution in [1.29, 1.82) is 0 Å². The minimum absolute atomic E-state index is 0.124. The van der Waals surface area contributed by atoms with E-state index in [-0.39, 0.29) is 5.82 Å². The molecule has 1 rings (SSSR count). The zero-order valence-electron chi connectivity index (χ0n) is 6.93. The molecule has 8 heavy (non-hydrogen) atoms. The molecule has 0 atom stereocenters. The first-order chi connectivity index (χ1) is 5.00. The van der Waals surface area contributed by atoms with Crippen LogP contribution in [-0.2, 0) is 0 Å². The second-order valence-electron chi connectivity index (χ2n) is 1.22. The summed E-state index contributed by atoms with van der Waals surface area (Å²) in [6.45, 7) is -2.21. The van der Waals surface area contributed by atoms with Gasteiger partial charge < -0.3 is 0 Å². The van der Waals surface area contributed by atoms with Crippen LogP contribution in [0.15, 0.2) is 16.9 Å². The third kappa shape index (κ3) is 1.26. The van der Waals surface area contributed by atoms with Crippen LogP contribution in [0.1, 0.15) is 9.94 Å². The molecule has 1 aromatic rings. The number of hydrogen-bond donors (Lipinski definition) is 0. The monoisotopic (exact) mass is 175 g/mol. The van der Waals surface area contributed by atoms with E-state index in [1.165, 1.54) is 12.4 Å². The Labute approximate surface area is 60.3 Å². The molecule has 0 aromatic carbocycles. The summed E-state index contributed by atoms with van der Waals surface area (Å²) in [5.74, 6) is -0.124. The van der Waals surface area contributed by atoms with Crippen molar-refractivity contribution in [2.75, 3.05) is 0 Å². The second kappa shape index (κ2) is 2.22. The first kappa shape index (κ1) is 2.92. The summed E-state index contributed by atoms with van der Waals surface area (Å²) in [6, 6.07) is 0. The topological polar surface area (TPSA) is 25.8 Å². The van der Waals surface area contributed by atoms with Gasteiger partial charge >= 0.3 is 0 Å². The zero-order valence-corrected chi connectivity index (χ0v) is 5.51. The second-order valence-corrected chi connectivity index (χ2v) is 2.14. The highest BCUT2D eigenvalue weighted by molar-refractivity contribution is 9.10. The molecule has 0 saturated carbocycles. The molecular formula is C5H5BrN2. The normalized spacial score (nSPS) is 16.4. The van der Waals surface area contributed by atoms with Crippen LogP contribution in [-0.4, -0.2) is 9.97 Å².